The van der Waals surface area contributed by atoms with Gasteiger partial charge in [0.15, 0.2) is 0 Å². The second-order valence-corrected chi connectivity index (χ2v) is 7.68. The number of amides is 1. The van der Waals surface area contributed by atoms with Crippen LogP contribution in [0.2, 0.25) is 0 Å². The minimum atomic E-state index is -4.78. The van der Waals surface area contributed by atoms with Crippen LogP contribution in [0.3, 0.4) is 0 Å². The SMILES string of the molecule is CNCc1ccc(CC(NC(C)=O)c2nnc(-c3cccc(OC(F)(F)F)c3)s2)nc1. The molecule has 2 aromatic heterocycles. The minimum Gasteiger partial charge on any atom is -0.406 e. The van der Waals surface area contributed by atoms with Crippen LogP contribution in [0.15, 0.2) is 42.6 Å². The highest BCUT2D eigenvalue weighted by atomic mass is 32.1. The number of halogens is 3. The van der Waals surface area contributed by atoms with Crippen LogP contribution in [-0.4, -0.2) is 34.5 Å². The average Bonchev–Trinajstić information content (AvgIpc) is 3.18. The standard InChI is InChI=1S/C20H20F3N5O2S/c1-12(29)26-17(9-15-7-6-13(10-24-2)11-25-15)19-28-27-18(31-19)14-4-3-5-16(8-14)30-20(21,22)23/h3-8,11,17,24H,9-10H2,1-2H3,(H,26,29). The maximum absolute atomic E-state index is 12.5. The summed E-state index contributed by atoms with van der Waals surface area (Å²) in [4.78, 5) is 16.1. The highest BCUT2D eigenvalue weighted by Gasteiger charge is 2.31. The van der Waals surface area contributed by atoms with Crippen molar-refractivity contribution in [2.24, 2.45) is 0 Å². The zero-order chi connectivity index (χ0) is 22.4. The average molecular weight is 451 g/mol. The van der Waals surface area contributed by atoms with E-state index in [4.69, 9.17) is 0 Å². The molecule has 0 bridgehead atoms. The van der Waals surface area contributed by atoms with Gasteiger partial charge >= 0.3 is 6.36 Å². The molecule has 0 saturated heterocycles. The summed E-state index contributed by atoms with van der Waals surface area (Å²) in [6, 6.07) is 8.86. The number of ether oxygens (including phenoxy) is 1. The molecule has 2 heterocycles. The fourth-order valence-electron chi connectivity index (χ4n) is 2.86. The van der Waals surface area contributed by atoms with Crippen molar-refractivity contribution in [1.82, 2.24) is 25.8 Å². The predicted octanol–water partition coefficient (Wildman–Crippen LogP) is 3.64. The Morgan fingerprint density at radius 2 is 2.03 bits per heavy atom. The normalized spacial score (nSPS) is 12.4. The van der Waals surface area contributed by atoms with Gasteiger partial charge in [-0.25, -0.2) is 0 Å². The van der Waals surface area contributed by atoms with Crippen molar-refractivity contribution < 1.29 is 22.7 Å². The number of benzene rings is 1. The van der Waals surface area contributed by atoms with Crippen LogP contribution in [0, 0.1) is 0 Å². The zero-order valence-corrected chi connectivity index (χ0v) is 17.5. The largest absolute Gasteiger partial charge is 0.573 e. The van der Waals surface area contributed by atoms with Gasteiger partial charge in [-0.15, -0.1) is 23.4 Å². The Morgan fingerprint density at radius 1 is 1.23 bits per heavy atom. The molecule has 0 spiro atoms. The van der Waals surface area contributed by atoms with Crippen LogP contribution in [0.5, 0.6) is 5.75 Å². The first-order valence-electron chi connectivity index (χ1n) is 9.28. The molecule has 0 aliphatic rings. The summed E-state index contributed by atoms with van der Waals surface area (Å²) in [6.07, 6.45) is -2.63. The van der Waals surface area contributed by atoms with Gasteiger partial charge in [-0.05, 0) is 30.8 Å². The van der Waals surface area contributed by atoms with E-state index in [1.54, 1.807) is 12.3 Å². The van der Waals surface area contributed by atoms with Gasteiger partial charge in [-0.3, -0.25) is 9.78 Å². The molecule has 0 saturated carbocycles. The van der Waals surface area contributed by atoms with Gasteiger partial charge in [0.1, 0.15) is 15.8 Å². The maximum Gasteiger partial charge on any atom is 0.573 e. The molecule has 1 amide bonds. The molecule has 3 rings (SSSR count). The van der Waals surface area contributed by atoms with Gasteiger partial charge in [-0.2, -0.15) is 0 Å². The van der Waals surface area contributed by atoms with E-state index in [-0.39, 0.29) is 11.7 Å². The second-order valence-electron chi connectivity index (χ2n) is 6.67. The van der Waals surface area contributed by atoms with Crippen LogP contribution in [0.25, 0.3) is 10.6 Å². The quantitative estimate of drug-likeness (QED) is 0.544. The molecule has 11 heteroatoms. The molecular formula is C20H20F3N5O2S. The summed E-state index contributed by atoms with van der Waals surface area (Å²) in [5.74, 6) is -0.583. The Labute approximate surface area is 180 Å². The lowest BCUT2D eigenvalue weighted by Crippen LogP contribution is -2.27. The van der Waals surface area contributed by atoms with Crippen molar-refractivity contribution in [3.05, 3.63) is 58.9 Å². The summed E-state index contributed by atoms with van der Waals surface area (Å²) in [5, 5.41) is 15.0. The summed E-state index contributed by atoms with van der Waals surface area (Å²) in [6.45, 7) is 2.09. The highest BCUT2D eigenvalue weighted by Crippen LogP contribution is 2.31. The summed E-state index contributed by atoms with van der Waals surface area (Å²) >= 11 is 1.18. The predicted molar refractivity (Wildman–Crippen MR) is 109 cm³/mol. The van der Waals surface area contributed by atoms with Crippen LogP contribution in [-0.2, 0) is 17.8 Å². The molecular weight excluding hydrogens is 431 g/mol. The number of pyridine rings is 1. The first-order chi connectivity index (χ1) is 14.7. The number of nitrogens with one attached hydrogen (secondary N) is 2. The molecule has 3 aromatic rings. The van der Waals surface area contributed by atoms with Crippen molar-refractivity contribution in [2.75, 3.05) is 7.05 Å². The van der Waals surface area contributed by atoms with Crippen LogP contribution >= 0.6 is 11.3 Å². The third-order valence-corrected chi connectivity index (χ3v) is 5.20. The van der Waals surface area contributed by atoms with E-state index in [9.17, 15) is 18.0 Å². The number of alkyl halides is 3. The molecule has 31 heavy (non-hydrogen) atoms. The Kier molecular flexibility index (Phi) is 7.18. The summed E-state index contributed by atoms with van der Waals surface area (Å²) in [5.41, 5.74) is 2.22. The lowest BCUT2D eigenvalue weighted by molar-refractivity contribution is -0.274. The molecule has 164 valence electrons. The number of carbonyl (C=O) groups excluding carboxylic acids is 1. The molecule has 0 aliphatic heterocycles. The zero-order valence-electron chi connectivity index (χ0n) is 16.7. The van der Waals surface area contributed by atoms with E-state index in [0.717, 1.165) is 11.3 Å². The van der Waals surface area contributed by atoms with Crippen molar-refractivity contribution in [1.29, 1.82) is 0 Å². The monoisotopic (exact) mass is 451 g/mol. The van der Waals surface area contributed by atoms with Crippen molar-refractivity contribution in [3.63, 3.8) is 0 Å². The summed E-state index contributed by atoms with van der Waals surface area (Å²) < 4.78 is 41.4. The molecule has 0 fully saturated rings. The Bertz CT molecular complexity index is 1020. The van der Waals surface area contributed by atoms with Crippen LogP contribution in [0.4, 0.5) is 13.2 Å². The fraction of sp³-hybridized carbons (Fsp3) is 0.300. The number of rotatable bonds is 8. The van der Waals surface area contributed by atoms with Gasteiger partial charge in [0.25, 0.3) is 0 Å². The smallest absolute Gasteiger partial charge is 0.406 e. The third kappa shape index (κ3) is 6.72. The van der Waals surface area contributed by atoms with Crippen LogP contribution < -0.4 is 15.4 Å². The van der Waals surface area contributed by atoms with Gasteiger partial charge in [-0.1, -0.05) is 29.5 Å². The van der Waals surface area contributed by atoms with Gasteiger partial charge in [0.05, 0.1) is 6.04 Å². The Balaban J connectivity index is 1.81. The molecule has 0 aliphatic carbocycles. The fourth-order valence-corrected chi connectivity index (χ4v) is 3.75. The van der Waals surface area contributed by atoms with Crippen LogP contribution in [0.1, 0.15) is 29.2 Å². The van der Waals surface area contributed by atoms with Gasteiger partial charge < -0.3 is 15.4 Å². The minimum absolute atomic E-state index is 0.242. The lowest BCUT2D eigenvalue weighted by atomic mass is 10.1. The molecule has 7 nitrogen and oxygen atoms in total. The number of aromatic nitrogens is 3. The van der Waals surface area contributed by atoms with Crippen molar-refractivity contribution >= 4 is 17.2 Å². The Hall–Kier alpha value is -3.05. The number of hydrogen-bond acceptors (Lipinski definition) is 7. The molecule has 0 radical (unpaired) electrons. The van der Waals surface area contributed by atoms with Gasteiger partial charge in [0, 0.05) is 37.3 Å². The first kappa shape index (κ1) is 22.6. The van der Waals surface area contributed by atoms with Gasteiger partial charge in [0.2, 0.25) is 5.91 Å². The van der Waals surface area contributed by atoms with E-state index in [1.165, 1.54) is 36.5 Å². The summed E-state index contributed by atoms with van der Waals surface area (Å²) in [7, 11) is 1.85. The molecule has 1 unspecified atom stereocenters. The topological polar surface area (TPSA) is 89.0 Å². The number of nitrogens with zero attached hydrogens (tertiary/aromatic N) is 3. The Morgan fingerprint density at radius 3 is 2.68 bits per heavy atom. The van der Waals surface area contributed by atoms with Crippen molar-refractivity contribution in [2.45, 2.75) is 32.3 Å². The highest BCUT2D eigenvalue weighted by molar-refractivity contribution is 7.14. The lowest BCUT2D eigenvalue weighted by Gasteiger charge is -2.14. The van der Waals surface area contributed by atoms with E-state index in [0.29, 0.717) is 28.5 Å². The molecule has 1 atom stereocenters. The number of hydrogen-bond donors (Lipinski definition) is 2. The third-order valence-electron chi connectivity index (χ3n) is 4.11. The first-order valence-corrected chi connectivity index (χ1v) is 10.1. The van der Waals surface area contributed by atoms with E-state index in [2.05, 4.69) is 30.6 Å². The number of carbonyl (C=O) groups is 1. The molecule has 1 aromatic carbocycles. The molecule has 2 N–H and O–H groups in total. The van der Waals surface area contributed by atoms with E-state index in [1.807, 2.05) is 19.2 Å². The van der Waals surface area contributed by atoms with Crippen molar-refractivity contribution in [3.8, 4) is 16.3 Å². The maximum atomic E-state index is 12.5. The second kappa shape index (κ2) is 9.84. The van der Waals surface area contributed by atoms with E-state index < -0.39 is 12.4 Å². The van der Waals surface area contributed by atoms with E-state index >= 15 is 0 Å².